The van der Waals surface area contributed by atoms with Crippen molar-refractivity contribution in [3.05, 3.63) is 63.1 Å². The van der Waals surface area contributed by atoms with E-state index in [1.165, 1.54) is 0 Å². The van der Waals surface area contributed by atoms with Crippen LogP contribution < -0.4 is 4.90 Å². The van der Waals surface area contributed by atoms with Crippen LogP contribution in [-0.2, 0) is 0 Å². The smallest absolute Gasteiger partial charge is 0.318 e. The lowest BCUT2D eigenvalue weighted by molar-refractivity contribution is 0.467. The fourth-order valence-corrected chi connectivity index (χ4v) is 3.82. The number of hydrogen-bond donors (Lipinski definition) is 0. The molecule has 6 nitrogen and oxygen atoms in total. The van der Waals surface area contributed by atoms with Crippen molar-refractivity contribution in [1.29, 1.82) is 0 Å². The molecule has 0 saturated carbocycles. The lowest BCUT2D eigenvalue weighted by atomic mass is 10.1. The van der Waals surface area contributed by atoms with Gasteiger partial charge in [0.2, 0.25) is 0 Å². The molecule has 0 aliphatic carbocycles. The highest BCUT2D eigenvalue weighted by Gasteiger charge is 2.26. The van der Waals surface area contributed by atoms with Gasteiger partial charge in [-0.1, -0.05) is 52.0 Å². The Morgan fingerprint density at radius 3 is 2.22 bits per heavy atom. The Morgan fingerprint density at radius 2 is 1.59 bits per heavy atom. The molecule has 0 N–H and O–H groups in total. The summed E-state index contributed by atoms with van der Waals surface area (Å²) in [6.07, 6.45) is 0. The Morgan fingerprint density at radius 1 is 0.938 bits per heavy atom. The summed E-state index contributed by atoms with van der Waals surface area (Å²) in [5, 5.41) is 15.0. The van der Waals surface area contributed by atoms with E-state index in [-0.39, 0.29) is 5.54 Å². The molecule has 0 aliphatic rings. The van der Waals surface area contributed by atoms with Gasteiger partial charge in [0.25, 0.3) is 5.89 Å². The summed E-state index contributed by atoms with van der Waals surface area (Å²) in [6.45, 7) is 8.16. The SMILES string of the molecule is Cc1c(-c2nnc(N(C)C(C)(C)C)o2)nn(-c2ccc(Cl)cc2Cl)c1-c1ccc(Cl)cc1. The van der Waals surface area contributed by atoms with Gasteiger partial charge in [-0.05, 0) is 58.0 Å². The highest BCUT2D eigenvalue weighted by atomic mass is 35.5. The molecule has 4 aromatic rings. The predicted molar refractivity (Wildman–Crippen MR) is 130 cm³/mol. The van der Waals surface area contributed by atoms with Gasteiger partial charge < -0.3 is 9.32 Å². The van der Waals surface area contributed by atoms with E-state index in [1.807, 2.05) is 49.2 Å². The van der Waals surface area contributed by atoms with E-state index in [0.717, 1.165) is 16.8 Å². The first-order valence-corrected chi connectivity index (χ1v) is 11.1. The van der Waals surface area contributed by atoms with Crippen molar-refractivity contribution in [2.24, 2.45) is 0 Å². The first-order chi connectivity index (χ1) is 15.1. The minimum atomic E-state index is -0.177. The fourth-order valence-electron chi connectivity index (χ4n) is 3.21. The predicted octanol–water partition coefficient (Wildman–Crippen LogP) is 7.09. The van der Waals surface area contributed by atoms with Gasteiger partial charge in [0, 0.05) is 33.8 Å². The molecule has 0 atom stereocenters. The summed E-state index contributed by atoms with van der Waals surface area (Å²) < 4.78 is 7.77. The molecule has 0 unspecified atom stereocenters. The third-order valence-electron chi connectivity index (χ3n) is 5.29. The molecule has 0 spiro atoms. The number of aromatic nitrogens is 4. The van der Waals surface area contributed by atoms with Crippen molar-refractivity contribution in [1.82, 2.24) is 20.0 Å². The van der Waals surface area contributed by atoms with E-state index in [4.69, 9.17) is 44.3 Å². The molecule has 2 heterocycles. The molecule has 0 radical (unpaired) electrons. The standard InChI is InChI=1S/C23H22Cl3N5O/c1-13-19(21-27-28-22(32-21)30(5)23(2,3)4)29-31(18-11-10-16(25)12-17(18)26)20(13)14-6-8-15(24)9-7-14/h6-12H,1-5H3. The summed E-state index contributed by atoms with van der Waals surface area (Å²) >= 11 is 18.8. The largest absolute Gasteiger partial charge is 0.401 e. The second-order valence-electron chi connectivity index (χ2n) is 8.46. The molecular weight excluding hydrogens is 469 g/mol. The van der Waals surface area contributed by atoms with Crippen molar-refractivity contribution in [3.63, 3.8) is 0 Å². The Balaban J connectivity index is 1.91. The van der Waals surface area contributed by atoms with Crippen molar-refractivity contribution in [2.75, 3.05) is 11.9 Å². The van der Waals surface area contributed by atoms with E-state index in [0.29, 0.717) is 38.4 Å². The molecule has 0 saturated heterocycles. The van der Waals surface area contributed by atoms with E-state index in [1.54, 1.807) is 16.8 Å². The maximum atomic E-state index is 6.53. The minimum absolute atomic E-state index is 0.177. The van der Waals surface area contributed by atoms with Gasteiger partial charge in [0.1, 0.15) is 0 Å². The van der Waals surface area contributed by atoms with Gasteiger partial charge >= 0.3 is 6.01 Å². The molecule has 2 aromatic heterocycles. The zero-order valence-electron chi connectivity index (χ0n) is 18.3. The number of anilines is 1. The van der Waals surface area contributed by atoms with Crippen LogP contribution in [0.2, 0.25) is 15.1 Å². The van der Waals surface area contributed by atoms with Crippen molar-refractivity contribution in [2.45, 2.75) is 33.2 Å². The monoisotopic (exact) mass is 489 g/mol. The normalized spacial score (nSPS) is 11.8. The lowest BCUT2D eigenvalue weighted by Crippen LogP contribution is -2.38. The van der Waals surface area contributed by atoms with E-state index < -0.39 is 0 Å². The Bertz CT molecular complexity index is 1270. The van der Waals surface area contributed by atoms with E-state index >= 15 is 0 Å². The highest BCUT2D eigenvalue weighted by Crippen LogP contribution is 2.36. The van der Waals surface area contributed by atoms with Crippen LogP contribution in [0.4, 0.5) is 6.01 Å². The second kappa shape index (κ2) is 8.43. The summed E-state index contributed by atoms with van der Waals surface area (Å²) in [5.41, 5.74) is 3.70. The zero-order valence-corrected chi connectivity index (χ0v) is 20.6. The number of hydrogen-bond acceptors (Lipinski definition) is 5. The zero-order chi connectivity index (χ0) is 23.2. The molecule has 2 aromatic carbocycles. The van der Waals surface area contributed by atoms with Crippen LogP contribution in [0.3, 0.4) is 0 Å². The number of nitrogens with zero attached hydrogens (tertiary/aromatic N) is 5. The lowest BCUT2D eigenvalue weighted by Gasteiger charge is -2.29. The quantitative estimate of drug-likeness (QED) is 0.305. The fraction of sp³-hybridized carbons (Fsp3) is 0.261. The Labute approximate surface area is 201 Å². The molecule has 0 aliphatic heterocycles. The van der Waals surface area contributed by atoms with Crippen molar-refractivity contribution >= 4 is 40.8 Å². The Kier molecular flexibility index (Phi) is 5.96. The average molecular weight is 491 g/mol. The van der Waals surface area contributed by atoms with Gasteiger partial charge in [-0.2, -0.15) is 5.10 Å². The molecule has 9 heteroatoms. The Hall–Kier alpha value is -2.54. The van der Waals surface area contributed by atoms with Crippen LogP contribution in [0.1, 0.15) is 26.3 Å². The third kappa shape index (κ3) is 4.22. The molecule has 0 amide bonds. The van der Waals surface area contributed by atoms with E-state index in [2.05, 4.69) is 31.0 Å². The topological polar surface area (TPSA) is 60.0 Å². The second-order valence-corrected chi connectivity index (χ2v) is 9.74. The van der Waals surface area contributed by atoms with Crippen LogP contribution in [0, 0.1) is 6.92 Å². The van der Waals surface area contributed by atoms with Gasteiger partial charge in [-0.25, -0.2) is 4.68 Å². The summed E-state index contributed by atoms with van der Waals surface area (Å²) in [5.74, 6) is 0.327. The van der Waals surface area contributed by atoms with E-state index in [9.17, 15) is 0 Å². The van der Waals surface area contributed by atoms with Crippen LogP contribution in [-0.4, -0.2) is 32.6 Å². The molecule has 0 fully saturated rings. The van der Waals surface area contributed by atoms with Crippen LogP contribution in [0.15, 0.2) is 46.9 Å². The van der Waals surface area contributed by atoms with Crippen LogP contribution >= 0.6 is 34.8 Å². The number of halogens is 3. The molecular formula is C23H22Cl3N5O. The summed E-state index contributed by atoms with van der Waals surface area (Å²) in [7, 11) is 1.91. The first-order valence-electron chi connectivity index (χ1n) is 9.95. The summed E-state index contributed by atoms with van der Waals surface area (Å²) in [4.78, 5) is 1.92. The molecule has 0 bridgehead atoms. The van der Waals surface area contributed by atoms with Gasteiger partial charge in [-0.3, -0.25) is 0 Å². The van der Waals surface area contributed by atoms with Crippen molar-refractivity contribution < 1.29 is 4.42 Å². The minimum Gasteiger partial charge on any atom is -0.401 e. The van der Waals surface area contributed by atoms with Gasteiger partial charge in [0.15, 0.2) is 5.69 Å². The molecule has 32 heavy (non-hydrogen) atoms. The van der Waals surface area contributed by atoms with Gasteiger partial charge in [0.05, 0.1) is 16.4 Å². The molecule has 166 valence electrons. The third-order valence-corrected chi connectivity index (χ3v) is 6.08. The molecule has 4 rings (SSSR count). The number of rotatable bonds is 4. The number of benzene rings is 2. The maximum Gasteiger partial charge on any atom is 0.318 e. The highest BCUT2D eigenvalue weighted by molar-refractivity contribution is 6.35. The van der Waals surface area contributed by atoms with Crippen LogP contribution in [0.25, 0.3) is 28.5 Å². The van der Waals surface area contributed by atoms with Crippen molar-refractivity contribution in [3.8, 4) is 28.5 Å². The van der Waals surface area contributed by atoms with Gasteiger partial charge in [-0.15, -0.1) is 5.10 Å². The average Bonchev–Trinajstić information content (AvgIpc) is 3.32. The first kappa shape index (κ1) is 22.6. The summed E-state index contributed by atoms with van der Waals surface area (Å²) in [6, 6.07) is 13.2. The van der Waals surface area contributed by atoms with Crippen LogP contribution in [0.5, 0.6) is 0 Å². The maximum absolute atomic E-state index is 6.53.